The highest BCUT2D eigenvalue weighted by atomic mass is 19.4. The van der Waals surface area contributed by atoms with Gasteiger partial charge >= 0.3 is 6.18 Å². The Morgan fingerprint density at radius 1 is 1.16 bits per heavy atom. The van der Waals surface area contributed by atoms with Crippen molar-refractivity contribution in [2.75, 3.05) is 13.1 Å². The molecule has 0 amide bonds. The Morgan fingerprint density at radius 2 is 1.92 bits per heavy atom. The van der Waals surface area contributed by atoms with Crippen LogP contribution in [-0.4, -0.2) is 41.2 Å². The van der Waals surface area contributed by atoms with Gasteiger partial charge in [0.05, 0.1) is 22.6 Å². The van der Waals surface area contributed by atoms with E-state index in [0.717, 1.165) is 55.6 Å². The van der Waals surface area contributed by atoms with Crippen LogP contribution in [0.5, 0.6) is 0 Å². The van der Waals surface area contributed by atoms with Crippen LogP contribution in [0.25, 0.3) is 17.0 Å². The molecule has 0 saturated carbocycles. The zero-order valence-electron chi connectivity index (χ0n) is 22.9. The molecule has 0 spiro atoms. The van der Waals surface area contributed by atoms with Crippen LogP contribution in [-0.2, 0) is 13.2 Å². The number of unbranched alkanes of at least 4 members (excludes halogenated alkanes) is 2. The predicted octanol–water partition coefficient (Wildman–Crippen LogP) is 6.07. The molecule has 1 saturated heterocycles. The first-order valence-electron chi connectivity index (χ1n) is 13.9. The quantitative estimate of drug-likeness (QED) is 0.327. The second-order valence-corrected chi connectivity index (χ2v) is 10.7. The standard InChI is InChI=1S/C29H41F3N6/c1-5-6-7-9-19(2)20(3)35-28-34-17-14-24(36-28)26-25(22-10-8-11-23(18-22)29(30,31)32)37-27(38(26)4)21-12-15-33-16-13-21/h8,10-11,14,17-21,28,33,35-36H,5-7,9,12-13,15-16H2,1-4H3/t19?,20-,28?/m1/s1. The molecule has 9 heteroatoms. The molecule has 3 N–H and O–H groups in total. The summed E-state index contributed by atoms with van der Waals surface area (Å²) in [7, 11) is 1.96. The van der Waals surface area contributed by atoms with Crippen molar-refractivity contribution in [3.63, 3.8) is 0 Å². The van der Waals surface area contributed by atoms with Crippen molar-refractivity contribution in [1.29, 1.82) is 0 Å². The highest BCUT2D eigenvalue weighted by Crippen LogP contribution is 2.37. The van der Waals surface area contributed by atoms with Crippen molar-refractivity contribution in [2.45, 2.75) is 83.7 Å². The van der Waals surface area contributed by atoms with Crippen molar-refractivity contribution >= 4 is 11.9 Å². The Hall–Kier alpha value is -2.65. The second kappa shape index (κ2) is 12.5. The molecule has 208 valence electrons. The number of aliphatic imine (C=N–C) groups is 1. The number of nitrogens with zero attached hydrogens (tertiary/aromatic N) is 3. The summed E-state index contributed by atoms with van der Waals surface area (Å²) in [5, 5.41) is 10.5. The van der Waals surface area contributed by atoms with Crippen molar-refractivity contribution in [2.24, 2.45) is 18.0 Å². The van der Waals surface area contributed by atoms with E-state index in [-0.39, 0.29) is 18.2 Å². The fourth-order valence-corrected chi connectivity index (χ4v) is 5.36. The Labute approximate surface area is 224 Å². The number of piperidine rings is 1. The van der Waals surface area contributed by atoms with Gasteiger partial charge in [-0.1, -0.05) is 45.2 Å². The van der Waals surface area contributed by atoms with Gasteiger partial charge in [0, 0.05) is 30.8 Å². The molecule has 6 nitrogen and oxygen atoms in total. The zero-order valence-corrected chi connectivity index (χ0v) is 22.9. The van der Waals surface area contributed by atoms with E-state index in [9.17, 15) is 13.2 Å². The minimum atomic E-state index is -4.42. The van der Waals surface area contributed by atoms with Gasteiger partial charge in [0.15, 0.2) is 6.29 Å². The van der Waals surface area contributed by atoms with E-state index in [4.69, 9.17) is 4.98 Å². The Kier molecular flexibility index (Phi) is 9.31. The molecule has 2 aliphatic heterocycles. The van der Waals surface area contributed by atoms with E-state index >= 15 is 0 Å². The zero-order chi connectivity index (χ0) is 27.3. The van der Waals surface area contributed by atoms with E-state index in [1.54, 1.807) is 12.3 Å². The van der Waals surface area contributed by atoms with Gasteiger partial charge < -0.3 is 15.2 Å². The molecule has 1 aromatic carbocycles. The monoisotopic (exact) mass is 530 g/mol. The number of alkyl halides is 3. The molecular weight excluding hydrogens is 489 g/mol. The first-order chi connectivity index (χ1) is 18.2. The van der Waals surface area contributed by atoms with E-state index in [1.165, 1.54) is 31.4 Å². The van der Waals surface area contributed by atoms with Gasteiger partial charge in [-0.3, -0.25) is 10.3 Å². The topological polar surface area (TPSA) is 66.3 Å². The second-order valence-electron chi connectivity index (χ2n) is 10.7. The summed E-state index contributed by atoms with van der Waals surface area (Å²) in [6.07, 6.45) is 5.60. The van der Waals surface area contributed by atoms with E-state index in [1.807, 2.05) is 13.1 Å². The third kappa shape index (κ3) is 6.67. The van der Waals surface area contributed by atoms with Crippen LogP contribution in [0.4, 0.5) is 13.2 Å². The molecule has 0 aliphatic carbocycles. The van der Waals surface area contributed by atoms with Gasteiger partial charge in [0.25, 0.3) is 0 Å². The number of nitrogens with one attached hydrogen (secondary N) is 3. The summed E-state index contributed by atoms with van der Waals surface area (Å²) in [4.78, 5) is 9.57. The third-order valence-corrected chi connectivity index (χ3v) is 7.86. The maximum absolute atomic E-state index is 13.6. The smallest absolute Gasteiger partial charge is 0.350 e. The molecule has 2 aromatic rings. The Morgan fingerprint density at radius 3 is 2.63 bits per heavy atom. The molecular formula is C29H41F3N6. The number of benzene rings is 1. The minimum absolute atomic E-state index is 0.246. The molecule has 38 heavy (non-hydrogen) atoms. The van der Waals surface area contributed by atoms with Gasteiger partial charge in [0.2, 0.25) is 0 Å². The van der Waals surface area contributed by atoms with Crippen molar-refractivity contribution in [1.82, 2.24) is 25.5 Å². The van der Waals surface area contributed by atoms with Crippen LogP contribution in [0.3, 0.4) is 0 Å². The molecule has 0 radical (unpaired) electrons. The lowest BCUT2D eigenvalue weighted by atomic mass is 9.96. The predicted molar refractivity (Wildman–Crippen MR) is 148 cm³/mol. The van der Waals surface area contributed by atoms with Gasteiger partial charge in [-0.15, -0.1) is 0 Å². The van der Waals surface area contributed by atoms with Gasteiger partial charge in [-0.2, -0.15) is 13.2 Å². The number of aromatic nitrogens is 2. The summed E-state index contributed by atoms with van der Waals surface area (Å²) in [5.74, 6) is 1.65. The fourth-order valence-electron chi connectivity index (χ4n) is 5.36. The van der Waals surface area contributed by atoms with Crippen LogP contribution in [0, 0.1) is 5.92 Å². The summed E-state index contributed by atoms with van der Waals surface area (Å²) in [5.41, 5.74) is 1.91. The van der Waals surface area contributed by atoms with E-state index in [0.29, 0.717) is 17.2 Å². The maximum atomic E-state index is 13.6. The SMILES string of the molecule is CCCCCC(C)[C@@H](C)NC1N=CC=C(c2c(-c3cccc(C(F)(F)F)c3)nc(C3CCNCC3)n2C)N1. The molecule has 3 heterocycles. The first kappa shape index (κ1) is 28.4. The fraction of sp³-hybridized carbons (Fsp3) is 0.586. The minimum Gasteiger partial charge on any atom is -0.350 e. The largest absolute Gasteiger partial charge is 0.416 e. The lowest BCUT2D eigenvalue weighted by Crippen LogP contribution is -2.47. The number of imidazole rings is 1. The van der Waals surface area contributed by atoms with Crippen molar-refractivity contribution in [3.05, 3.63) is 47.4 Å². The Bertz CT molecular complexity index is 1130. The average molecular weight is 531 g/mol. The average Bonchev–Trinajstić information content (AvgIpc) is 3.26. The lowest BCUT2D eigenvalue weighted by molar-refractivity contribution is -0.137. The summed E-state index contributed by atoms with van der Waals surface area (Å²) in [6, 6.07) is 5.72. The molecule has 1 fully saturated rings. The summed E-state index contributed by atoms with van der Waals surface area (Å²) >= 11 is 0. The number of rotatable bonds is 10. The van der Waals surface area contributed by atoms with Crippen LogP contribution in [0.1, 0.15) is 82.3 Å². The van der Waals surface area contributed by atoms with Crippen LogP contribution in [0.2, 0.25) is 0 Å². The first-order valence-corrected chi connectivity index (χ1v) is 13.9. The number of allylic oxidation sites excluding steroid dienone is 1. The molecule has 1 aromatic heterocycles. The molecule has 3 atom stereocenters. The number of hydrogen-bond acceptors (Lipinski definition) is 5. The van der Waals surface area contributed by atoms with Crippen LogP contribution < -0.4 is 16.0 Å². The van der Waals surface area contributed by atoms with Gasteiger partial charge in [-0.05, 0) is 63.4 Å². The van der Waals surface area contributed by atoms with E-state index in [2.05, 4.69) is 46.3 Å². The lowest BCUT2D eigenvalue weighted by Gasteiger charge is -2.29. The Balaban J connectivity index is 1.64. The van der Waals surface area contributed by atoms with Gasteiger partial charge in [0.1, 0.15) is 5.82 Å². The number of hydrogen-bond donors (Lipinski definition) is 3. The summed E-state index contributed by atoms with van der Waals surface area (Å²) < 4.78 is 42.8. The molecule has 0 bridgehead atoms. The highest BCUT2D eigenvalue weighted by Gasteiger charge is 2.32. The third-order valence-electron chi connectivity index (χ3n) is 7.86. The molecule has 2 aliphatic rings. The number of halogens is 3. The van der Waals surface area contributed by atoms with Crippen molar-refractivity contribution < 1.29 is 13.2 Å². The molecule has 4 rings (SSSR count). The van der Waals surface area contributed by atoms with Crippen molar-refractivity contribution in [3.8, 4) is 11.3 Å². The normalized spacial score (nSPS) is 20.2. The van der Waals surface area contributed by atoms with E-state index < -0.39 is 11.7 Å². The van der Waals surface area contributed by atoms with Crippen LogP contribution >= 0.6 is 0 Å². The summed E-state index contributed by atoms with van der Waals surface area (Å²) in [6.45, 7) is 8.46. The molecule has 2 unspecified atom stereocenters. The maximum Gasteiger partial charge on any atom is 0.416 e. The highest BCUT2D eigenvalue weighted by molar-refractivity contribution is 5.88. The van der Waals surface area contributed by atoms with Crippen LogP contribution in [0.15, 0.2) is 35.3 Å². The van der Waals surface area contributed by atoms with Gasteiger partial charge in [-0.25, -0.2) is 4.98 Å².